The summed E-state index contributed by atoms with van der Waals surface area (Å²) in [4.78, 5) is 62.7. The van der Waals surface area contributed by atoms with E-state index in [4.69, 9.17) is 9.47 Å². The molecule has 0 aliphatic rings. The molecule has 0 heterocycles. The molecule has 42 heavy (non-hydrogen) atoms. The maximum absolute atomic E-state index is 13.4. The van der Waals surface area contributed by atoms with E-state index < -0.39 is 58.1 Å². The highest BCUT2D eigenvalue weighted by molar-refractivity contribution is 5.96. The number of hydrogen-bond acceptors (Lipinski definition) is 8. The van der Waals surface area contributed by atoms with Gasteiger partial charge in [-0.15, -0.1) is 0 Å². The van der Waals surface area contributed by atoms with Crippen LogP contribution in [0.25, 0.3) is 0 Å². The summed E-state index contributed by atoms with van der Waals surface area (Å²) in [5.74, 6) is -2.09. The van der Waals surface area contributed by atoms with E-state index >= 15 is 0 Å². The number of nitrogens with zero attached hydrogens (tertiary/aromatic N) is 1. The molecule has 3 atom stereocenters. The molecule has 0 saturated heterocycles. The monoisotopic (exact) mass is 593 g/mol. The zero-order chi connectivity index (χ0) is 32.4. The van der Waals surface area contributed by atoms with Crippen molar-refractivity contribution in [1.82, 2.24) is 16.0 Å². The third kappa shape index (κ3) is 13.7. The van der Waals surface area contributed by atoms with Gasteiger partial charge in [0, 0.05) is 17.8 Å². The summed E-state index contributed by atoms with van der Waals surface area (Å²) in [6.07, 6.45) is 0.262. The Morgan fingerprint density at radius 3 is 1.83 bits per heavy atom. The normalized spacial score (nSPS) is 14.0. The van der Waals surface area contributed by atoms with E-state index in [9.17, 15) is 29.3 Å². The Hall–Kier alpha value is -3.74. The second-order valence-corrected chi connectivity index (χ2v) is 12.8. The number of nitrogens with one attached hydrogen (secondary N) is 4. The average Bonchev–Trinajstić information content (AvgIpc) is 2.82. The topological polar surface area (TPSA) is 178 Å². The zero-order valence-corrected chi connectivity index (χ0v) is 26.3. The van der Waals surface area contributed by atoms with Gasteiger partial charge < -0.3 is 30.7 Å². The number of carbonyl (C=O) groups excluding carboxylic acids is 4. The summed E-state index contributed by atoms with van der Waals surface area (Å²) in [6.45, 7) is 17.7. The van der Waals surface area contributed by atoms with Crippen molar-refractivity contribution in [2.45, 2.75) is 105 Å². The van der Waals surface area contributed by atoms with Crippen molar-refractivity contribution >= 4 is 35.2 Å². The first-order chi connectivity index (χ1) is 19.2. The fourth-order valence-electron chi connectivity index (χ4n) is 3.60. The molecule has 0 unspecified atom stereocenters. The summed E-state index contributed by atoms with van der Waals surface area (Å²) in [7, 11) is 0. The predicted octanol–water partition coefficient (Wildman–Crippen LogP) is 3.91. The number of esters is 1. The lowest BCUT2D eigenvalue weighted by Gasteiger charge is -2.29. The molecule has 0 bridgehead atoms. The SMILES string of the molecule is CC(C)C[C@H](NC(=O)[C@H](COC(C)(C)C)NC(=O)Nc1ccc([N+](=O)[O-])cc1)C(=O)N[C@H](C(=O)OC(C)(C)C)C(C)C. The molecule has 4 N–H and O–H groups in total. The van der Waals surface area contributed by atoms with Gasteiger partial charge >= 0.3 is 12.0 Å². The number of non-ortho nitro benzene ring substituents is 1. The zero-order valence-electron chi connectivity index (χ0n) is 26.3. The van der Waals surface area contributed by atoms with Crippen molar-refractivity contribution in [2.75, 3.05) is 11.9 Å². The lowest BCUT2D eigenvalue weighted by atomic mass is 10.00. The molecule has 0 saturated carbocycles. The van der Waals surface area contributed by atoms with Crippen LogP contribution in [0.4, 0.5) is 16.2 Å². The van der Waals surface area contributed by atoms with E-state index in [-0.39, 0.29) is 36.2 Å². The first kappa shape index (κ1) is 36.3. The van der Waals surface area contributed by atoms with Crippen molar-refractivity contribution < 1.29 is 33.6 Å². The predicted molar refractivity (Wildman–Crippen MR) is 159 cm³/mol. The van der Waals surface area contributed by atoms with E-state index in [1.165, 1.54) is 24.3 Å². The third-order valence-corrected chi connectivity index (χ3v) is 5.61. The Bertz CT molecular complexity index is 1090. The average molecular weight is 594 g/mol. The van der Waals surface area contributed by atoms with Crippen molar-refractivity contribution in [2.24, 2.45) is 11.8 Å². The van der Waals surface area contributed by atoms with Crippen LogP contribution in [-0.4, -0.2) is 64.7 Å². The van der Waals surface area contributed by atoms with E-state index in [1.807, 2.05) is 13.8 Å². The summed E-state index contributed by atoms with van der Waals surface area (Å²) in [5, 5.41) is 21.4. The first-order valence-corrected chi connectivity index (χ1v) is 14.0. The summed E-state index contributed by atoms with van der Waals surface area (Å²) >= 11 is 0. The highest BCUT2D eigenvalue weighted by Crippen LogP contribution is 2.16. The fourth-order valence-corrected chi connectivity index (χ4v) is 3.60. The van der Waals surface area contributed by atoms with Crippen LogP contribution in [0.3, 0.4) is 0 Å². The smallest absolute Gasteiger partial charge is 0.329 e. The Kier molecular flexibility index (Phi) is 13.4. The number of anilines is 1. The summed E-state index contributed by atoms with van der Waals surface area (Å²) < 4.78 is 11.2. The van der Waals surface area contributed by atoms with Crippen molar-refractivity contribution in [1.29, 1.82) is 0 Å². The van der Waals surface area contributed by atoms with E-state index in [1.54, 1.807) is 55.4 Å². The van der Waals surface area contributed by atoms with E-state index in [2.05, 4.69) is 21.3 Å². The Labute approximate surface area is 248 Å². The number of hydrogen-bond donors (Lipinski definition) is 4. The molecule has 1 aromatic carbocycles. The highest BCUT2D eigenvalue weighted by Gasteiger charge is 2.34. The summed E-state index contributed by atoms with van der Waals surface area (Å²) in [6, 6.07) is 1.28. The minimum atomic E-state index is -1.20. The second-order valence-electron chi connectivity index (χ2n) is 12.8. The van der Waals surface area contributed by atoms with Gasteiger partial charge in [-0.05, 0) is 71.9 Å². The molecule has 13 nitrogen and oxygen atoms in total. The highest BCUT2D eigenvalue weighted by atomic mass is 16.6. The van der Waals surface area contributed by atoms with Crippen molar-refractivity contribution in [3.63, 3.8) is 0 Å². The molecule has 1 aromatic rings. The van der Waals surface area contributed by atoms with Crippen LogP contribution in [0.15, 0.2) is 24.3 Å². The number of ether oxygens (including phenoxy) is 2. The molecule has 1 rings (SSSR count). The number of benzene rings is 1. The maximum Gasteiger partial charge on any atom is 0.329 e. The number of amides is 4. The minimum absolute atomic E-state index is 0.00254. The quantitative estimate of drug-likeness (QED) is 0.151. The Balaban J connectivity index is 3.11. The van der Waals surface area contributed by atoms with Gasteiger partial charge in [0.05, 0.1) is 17.1 Å². The number of carbonyl (C=O) groups is 4. The molecular formula is C29H47N5O8. The van der Waals surface area contributed by atoms with Crippen molar-refractivity contribution in [3.05, 3.63) is 34.4 Å². The van der Waals surface area contributed by atoms with Gasteiger partial charge in [-0.25, -0.2) is 9.59 Å². The Morgan fingerprint density at radius 1 is 0.833 bits per heavy atom. The van der Waals surface area contributed by atoms with Crippen LogP contribution < -0.4 is 21.3 Å². The van der Waals surface area contributed by atoms with Crippen molar-refractivity contribution in [3.8, 4) is 0 Å². The molecule has 0 aliphatic carbocycles. The maximum atomic E-state index is 13.4. The van der Waals surface area contributed by atoms with E-state index in [0.29, 0.717) is 0 Å². The molecular weight excluding hydrogens is 546 g/mol. The van der Waals surface area contributed by atoms with Crippen LogP contribution in [0.2, 0.25) is 0 Å². The number of rotatable bonds is 13. The van der Waals surface area contributed by atoms with Gasteiger partial charge in [0.2, 0.25) is 11.8 Å². The number of nitro benzene ring substituents is 1. The molecule has 0 fully saturated rings. The lowest BCUT2D eigenvalue weighted by molar-refractivity contribution is -0.384. The van der Waals surface area contributed by atoms with Crippen LogP contribution in [0.1, 0.15) is 75.7 Å². The molecule has 0 spiro atoms. The minimum Gasteiger partial charge on any atom is -0.458 e. The largest absolute Gasteiger partial charge is 0.458 e. The van der Waals surface area contributed by atoms with Gasteiger partial charge in [-0.2, -0.15) is 0 Å². The Morgan fingerprint density at radius 2 is 1.38 bits per heavy atom. The lowest BCUT2D eigenvalue weighted by Crippen LogP contribution is -2.58. The first-order valence-electron chi connectivity index (χ1n) is 14.0. The van der Waals surface area contributed by atoms with Crippen LogP contribution in [0, 0.1) is 22.0 Å². The fraction of sp³-hybridized carbons (Fsp3) is 0.655. The summed E-state index contributed by atoms with van der Waals surface area (Å²) in [5.41, 5.74) is -1.26. The molecule has 0 radical (unpaired) electrons. The van der Waals surface area contributed by atoms with Crippen LogP contribution in [-0.2, 0) is 23.9 Å². The third-order valence-electron chi connectivity index (χ3n) is 5.61. The van der Waals surface area contributed by atoms with Gasteiger partial charge in [-0.1, -0.05) is 27.7 Å². The van der Waals surface area contributed by atoms with Gasteiger partial charge in [0.25, 0.3) is 5.69 Å². The molecule has 13 heteroatoms. The van der Waals surface area contributed by atoms with Gasteiger partial charge in [0.15, 0.2) is 0 Å². The standard InChI is InChI=1S/C29H47N5O8/c1-17(2)15-21(24(35)33-23(18(3)4)26(37)42-29(8,9)10)31-25(36)22(16-41-28(5,6)7)32-27(38)30-19-11-13-20(14-12-19)34(39)40/h11-14,17-18,21-23H,15-16H2,1-10H3,(H,31,36)(H,33,35)(H2,30,32,38)/t21-,22-,23-/m0/s1. The van der Waals surface area contributed by atoms with E-state index in [0.717, 1.165) is 0 Å². The van der Waals surface area contributed by atoms with Gasteiger partial charge in [-0.3, -0.25) is 19.7 Å². The number of nitro groups is 1. The number of urea groups is 1. The van der Waals surface area contributed by atoms with Gasteiger partial charge in [0.1, 0.15) is 23.7 Å². The second kappa shape index (κ2) is 15.5. The molecule has 0 aromatic heterocycles. The van der Waals surface area contributed by atoms with Crippen LogP contribution >= 0.6 is 0 Å². The molecule has 236 valence electrons. The van der Waals surface area contributed by atoms with Crippen LogP contribution in [0.5, 0.6) is 0 Å². The molecule has 0 aliphatic heterocycles. The molecule has 4 amide bonds.